The fourth-order valence-corrected chi connectivity index (χ4v) is 2.14. The van der Waals surface area contributed by atoms with Crippen molar-refractivity contribution in [2.24, 2.45) is 0 Å². The summed E-state index contributed by atoms with van der Waals surface area (Å²) in [4.78, 5) is 34.4. The molecule has 3 N–H and O–H groups in total. The van der Waals surface area contributed by atoms with E-state index in [1.54, 1.807) is 0 Å². The summed E-state index contributed by atoms with van der Waals surface area (Å²) in [5, 5.41) is 29.3. The maximum absolute atomic E-state index is 11.7. The number of carbonyl (C=O) groups is 3. The molecular weight excluding hydrogens is 260 g/mol. The summed E-state index contributed by atoms with van der Waals surface area (Å²) in [7, 11) is 0. The van der Waals surface area contributed by atoms with Crippen molar-refractivity contribution >= 4 is 17.5 Å². The van der Waals surface area contributed by atoms with Crippen molar-refractivity contribution < 1.29 is 39.2 Å². The second-order valence-corrected chi connectivity index (χ2v) is 4.37. The molecule has 0 aromatic heterocycles. The molecule has 0 bridgehead atoms. The standard InChI is InChI=1S/C11H16O8/c1-5(13)10(17)9(16)8(4-12)19-11(10,6(2)14)18-7(3)15/h8-9,12,16-17H,4H2,1-3H3/t8-,9-,10-,11?/m1/s1. The Bertz CT molecular complexity index is 419. The molecule has 4 atom stereocenters. The smallest absolute Gasteiger partial charge is 0.312 e. The molecule has 19 heavy (non-hydrogen) atoms. The highest BCUT2D eigenvalue weighted by Crippen LogP contribution is 2.42. The fraction of sp³-hybridized carbons (Fsp3) is 0.727. The van der Waals surface area contributed by atoms with Crippen LogP contribution in [-0.2, 0) is 23.9 Å². The third-order valence-electron chi connectivity index (χ3n) is 3.07. The van der Waals surface area contributed by atoms with Crippen molar-refractivity contribution in [2.75, 3.05) is 6.61 Å². The first-order chi connectivity index (χ1) is 8.63. The first-order valence-electron chi connectivity index (χ1n) is 5.54. The molecule has 1 unspecified atom stereocenters. The van der Waals surface area contributed by atoms with Gasteiger partial charge in [0.1, 0.15) is 12.2 Å². The van der Waals surface area contributed by atoms with Gasteiger partial charge in [-0.3, -0.25) is 14.4 Å². The lowest BCUT2D eigenvalue weighted by atomic mass is 9.82. The van der Waals surface area contributed by atoms with E-state index in [2.05, 4.69) is 4.74 Å². The van der Waals surface area contributed by atoms with Gasteiger partial charge in [0.15, 0.2) is 5.78 Å². The van der Waals surface area contributed by atoms with E-state index in [-0.39, 0.29) is 0 Å². The van der Waals surface area contributed by atoms with Crippen molar-refractivity contribution in [1.82, 2.24) is 0 Å². The Kier molecular flexibility index (Phi) is 4.11. The van der Waals surface area contributed by atoms with Crippen LogP contribution in [0.3, 0.4) is 0 Å². The Labute approximate surface area is 108 Å². The van der Waals surface area contributed by atoms with Gasteiger partial charge >= 0.3 is 11.8 Å². The number of ether oxygens (including phenoxy) is 2. The summed E-state index contributed by atoms with van der Waals surface area (Å²) in [5.41, 5.74) is -2.77. The molecule has 0 radical (unpaired) electrons. The topological polar surface area (TPSA) is 130 Å². The van der Waals surface area contributed by atoms with Gasteiger partial charge < -0.3 is 24.8 Å². The Balaban J connectivity index is 3.45. The van der Waals surface area contributed by atoms with Gasteiger partial charge in [-0.1, -0.05) is 0 Å². The van der Waals surface area contributed by atoms with Gasteiger partial charge in [0.25, 0.3) is 0 Å². The van der Waals surface area contributed by atoms with Gasteiger partial charge in [-0.25, -0.2) is 0 Å². The quantitative estimate of drug-likeness (QED) is 0.498. The summed E-state index contributed by atoms with van der Waals surface area (Å²) < 4.78 is 9.68. The van der Waals surface area contributed by atoms with Crippen LogP contribution < -0.4 is 0 Å². The predicted molar refractivity (Wildman–Crippen MR) is 58.8 cm³/mol. The molecule has 8 heteroatoms. The molecule has 108 valence electrons. The number of esters is 1. The molecule has 0 saturated carbocycles. The third-order valence-corrected chi connectivity index (χ3v) is 3.07. The lowest BCUT2D eigenvalue weighted by Crippen LogP contribution is -2.66. The van der Waals surface area contributed by atoms with Crippen LogP contribution in [0.5, 0.6) is 0 Å². The van der Waals surface area contributed by atoms with Crippen LogP contribution in [0.25, 0.3) is 0 Å². The molecule has 1 fully saturated rings. The monoisotopic (exact) mass is 276 g/mol. The average molecular weight is 276 g/mol. The predicted octanol–water partition coefficient (Wildman–Crippen LogP) is -2.09. The van der Waals surface area contributed by atoms with Gasteiger partial charge in [-0.2, -0.15) is 0 Å². The van der Waals surface area contributed by atoms with Gasteiger partial charge in [-0.15, -0.1) is 0 Å². The van der Waals surface area contributed by atoms with E-state index in [1.807, 2.05) is 0 Å². The summed E-state index contributed by atoms with van der Waals surface area (Å²) >= 11 is 0. The highest BCUT2D eigenvalue weighted by molar-refractivity contribution is 5.98. The summed E-state index contributed by atoms with van der Waals surface area (Å²) in [6.07, 6.45) is -3.34. The molecule has 8 nitrogen and oxygen atoms in total. The van der Waals surface area contributed by atoms with Gasteiger partial charge in [-0.05, 0) is 6.92 Å². The summed E-state index contributed by atoms with van der Waals surface area (Å²) in [6, 6.07) is 0. The Morgan fingerprint density at radius 2 is 1.74 bits per heavy atom. The van der Waals surface area contributed by atoms with Crippen molar-refractivity contribution in [3.63, 3.8) is 0 Å². The van der Waals surface area contributed by atoms with Crippen LogP contribution in [0.2, 0.25) is 0 Å². The van der Waals surface area contributed by atoms with Crippen LogP contribution >= 0.6 is 0 Å². The number of rotatable bonds is 4. The first kappa shape index (κ1) is 15.7. The molecule has 1 heterocycles. The van der Waals surface area contributed by atoms with Crippen LogP contribution in [0.15, 0.2) is 0 Å². The van der Waals surface area contributed by atoms with E-state index in [0.717, 1.165) is 20.8 Å². The Morgan fingerprint density at radius 1 is 1.21 bits per heavy atom. The second-order valence-electron chi connectivity index (χ2n) is 4.37. The van der Waals surface area contributed by atoms with Crippen LogP contribution in [-0.4, -0.2) is 63.1 Å². The Morgan fingerprint density at radius 3 is 2.05 bits per heavy atom. The summed E-state index contributed by atoms with van der Waals surface area (Å²) in [5.74, 6) is -5.64. The van der Waals surface area contributed by atoms with E-state index < -0.39 is 47.7 Å². The van der Waals surface area contributed by atoms with Gasteiger partial charge in [0.2, 0.25) is 11.4 Å². The second kappa shape index (κ2) is 4.97. The average Bonchev–Trinajstić information content (AvgIpc) is 2.51. The molecule has 0 aromatic rings. The number of hydrogen-bond donors (Lipinski definition) is 3. The normalized spacial score (nSPS) is 38.0. The van der Waals surface area contributed by atoms with Crippen molar-refractivity contribution in [2.45, 2.75) is 44.4 Å². The highest BCUT2D eigenvalue weighted by Gasteiger charge is 2.73. The minimum atomic E-state index is -2.77. The van der Waals surface area contributed by atoms with E-state index >= 15 is 0 Å². The van der Waals surface area contributed by atoms with E-state index in [0.29, 0.717) is 0 Å². The molecule has 1 saturated heterocycles. The van der Waals surface area contributed by atoms with Crippen LogP contribution in [0.1, 0.15) is 20.8 Å². The number of hydrogen-bond acceptors (Lipinski definition) is 8. The van der Waals surface area contributed by atoms with Crippen molar-refractivity contribution in [1.29, 1.82) is 0 Å². The van der Waals surface area contributed by atoms with Crippen LogP contribution in [0.4, 0.5) is 0 Å². The number of carbonyl (C=O) groups excluding carboxylic acids is 3. The van der Waals surface area contributed by atoms with Crippen molar-refractivity contribution in [3.8, 4) is 0 Å². The lowest BCUT2D eigenvalue weighted by Gasteiger charge is -2.36. The minimum absolute atomic E-state index is 0.771. The highest BCUT2D eigenvalue weighted by atomic mass is 16.8. The maximum Gasteiger partial charge on any atom is 0.312 e. The lowest BCUT2D eigenvalue weighted by molar-refractivity contribution is -0.258. The largest absolute Gasteiger partial charge is 0.422 e. The molecule has 1 aliphatic heterocycles. The molecule has 0 aliphatic carbocycles. The molecule has 1 aliphatic rings. The Hall–Kier alpha value is -1.35. The zero-order valence-electron chi connectivity index (χ0n) is 10.7. The molecule has 0 aromatic carbocycles. The number of aliphatic hydroxyl groups is 3. The molecular formula is C11H16O8. The van der Waals surface area contributed by atoms with E-state index in [1.165, 1.54) is 0 Å². The molecule has 0 amide bonds. The van der Waals surface area contributed by atoms with E-state index in [9.17, 15) is 24.6 Å². The fourth-order valence-electron chi connectivity index (χ4n) is 2.14. The van der Waals surface area contributed by atoms with Gasteiger partial charge in [0.05, 0.1) is 6.61 Å². The van der Waals surface area contributed by atoms with Crippen LogP contribution in [0, 0.1) is 0 Å². The third kappa shape index (κ3) is 2.06. The van der Waals surface area contributed by atoms with Crippen molar-refractivity contribution in [3.05, 3.63) is 0 Å². The number of aliphatic hydroxyl groups excluding tert-OH is 2. The molecule has 0 spiro atoms. The summed E-state index contributed by atoms with van der Waals surface area (Å²) in [6.45, 7) is 2.02. The zero-order chi connectivity index (χ0) is 15.0. The zero-order valence-corrected chi connectivity index (χ0v) is 10.7. The SMILES string of the molecule is CC(=O)OC1(C(C)=O)O[C@H](CO)[C@@H](O)[C@]1(O)C(C)=O. The first-order valence-corrected chi connectivity index (χ1v) is 5.54. The maximum atomic E-state index is 11.7. The van der Waals surface area contributed by atoms with E-state index in [4.69, 9.17) is 9.84 Å². The minimum Gasteiger partial charge on any atom is -0.422 e. The van der Waals surface area contributed by atoms with Gasteiger partial charge in [0, 0.05) is 13.8 Å². The number of ketones is 2. The molecule has 1 rings (SSSR count). The number of Topliss-reactive ketones (excluding diaryl/α,β-unsaturated/α-hetero) is 2.